The summed E-state index contributed by atoms with van der Waals surface area (Å²) < 4.78 is 5.70. The zero-order chi connectivity index (χ0) is 22.7. The van der Waals surface area contributed by atoms with Crippen molar-refractivity contribution in [3.63, 3.8) is 0 Å². The lowest BCUT2D eigenvalue weighted by Crippen LogP contribution is -2.48. The number of carbonyl (C=O) groups is 3. The highest BCUT2D eigenvalue weighted by Crippen LogP contribution is 2.21. The normalized spacial score (nSPS) is 21.0. The summed E-state index contributed by atoms with van der Waals surface area (Å²) >= 11 is 0. The van der Waals surface area contributed by atoms with Crippen LogP contribution < -0.4 is 10.2 Å². The monoisotopic (exact) mass is 435 g/mol. The molecule has 2 saturated heterocycles. The molecule has 7 heteroatoms. The molecule has 0 aliphatic carbocycles. The Morgan fingerprint density at radius 2 is 1.59 bits per heavy atom. The largest absolute Gasteiger partial charge is 0.372 e. The molecule has 2 aliphatic heterocycles. The van der Waals surface area contributed by atoms with E-state index in [2.05, 4.69) is 5.32 Å². The van der Waals surface area contributed by atoms with Gasteiger partial charge in [0, 0.05) is 49.4 Å². The van der Waals surface area contributed by atoms with Gasteiger partial charge in [0.05, 0.1) is 12.2 Å². The van der Waals surface area contributed by atoms with Crippen LogP contribution in [-0.2, 0) is 16.1 Å². The summed E-state index contributed by atoms with van der Waals surface area (Å²) in [6, 6.07) is 14.4. The van der Waals surface area contributed by atoms with E-state index in [9.17, 15) is 14.4 Å². The van der Waals surface area contributed by atoms with E-state index in [1.54, 1.807) is 29.2 Å². The van der Waals surface area contributed by atoms with E-state index >= 15 is 0 Å². The van der Waals surface area contributed by atoms with Gasteiger partial charge in [0.1, 0.15) is 0 Å². The van der Waals surface area contributed by atoms with Crippen LogP contribution in [0.5, 0.6) is 0 Å². The van der Waals surface area contributed by atoms with Gasteiger partial charge in [-0.25, -0.2) is 0 Å². The Kier molecular flexibility index (Phi) is 6.55. The maximum atomic E-state index is 12.8. The summed E-state index contributed by atoms with van der Waals surface area (Å²) in [7, 11) is 0. The number of amides is 3. The number of anilines is 1. The molecule has 168 valence electrons. The molecule has 32 heavy (non-hydrogen) atoms. The van der Waals surface area contributed by atoms with Crippen molar-refractivity contribution < 1.29 is 19.1 Å². The fourth-order valence-electron chi connectivity index (χ4n) is 4.29. The van der Waals surface area contributed by atoms with Crippen LogP contribution in [0.1, 0.15) is 53.0 Å². The van der Waals surface area contributed by atoms with Gasteiger partial charge in [0.15, 0.2) is 0 Å². The van der Waals surface area contributed by atoms with Crippen LogP contribution in [0.15, 0.2) is 48.5 Å². The minimum atomic E-state index is -0.180. The number of rotatable bonds is 5. The zero-order valence-corrected chi connectivity index (χ0v) is 18.5. The molecule has 2 aromatic rings. The van der Waals surface area contributed by atoms with Crippen LogP contribution in [0.2, 0.25) is 0 Å². The van der Waals surface area contributed by atoms with Crippen LogP contribution in [0.3, 0.4) is 0 Å². The maximum absolute atomic E-state index is 12.8. The van der Waals surface area contributed by atoms with Crippen molar-refractivity contribution >= 4 is 23.4 Å². The molecule has 2 unspecified atom stereocenters. The molecular weight excluding hydrogens is 406 g/mol. The quantitative estimate of drug-likeness (QED) is 0.783. The van der Waals surface area contributed by atoms with Crippen molar-refractivity contribution in [3.05, 3.63) is 65.2 Å². The molecule has 0 saturated carbocycles. The summed E-state index contributed by atoms with van der Waals surface area (Å²) in [5.41, 5.74) is 2.92. The third kappa shape index (κ3) is 4.99. The van der Waals surface area contributed by atoms with E-state index in [4.69, 9.17) is 4.74 Å². The van der Waals surface area contributed by atoms with Gasteiger partial charge in [-0.2, -0.15) is 0 Å². The molecule has 0 spiro atoms. The first kappa shape index (κ1) is 22.0. The van der Waals surface area contributed by atoms with Crippen molar-refractivity contribution in [2.45, 2.75) is 45.4 Å². The molecule has 7 nitrogen and oxygen atoms in total. The molecule has 2 aliphatic rings. The molecule has 0 radical (unpaired) electrons. The van der Waals surface area contributed by atoms with Gasteiger partial charge in [-0.15, -0.1) is 0 Å². The Morgan fingerprint density at radius 3 is 2.19 bits per heavy atom. The Hall–Kier alpha value is -3.19. The molecule has 2 atom stereocenters. The third-order valence-electron chi connectivity index (χ3n) is 5.88. The Balaban J connectivity index is 1.31. The standard InChI is InChI=1S/C25H29N3O4/c1-17-15-27(16-18(2)32-17)25(31)21-7-5-19(6-8-21)14-26-24(30)20-9-11-22(12-10-20)28-13-3-4-23(28)29/h5-12,17-18H,3-4,13-16H2,1-2H3,(H,26,30). The molecule has 4 rings (SSSR count). The van der Waals surface area contributed by atoms with E-state index in [0.29, 0.717) is 37.2 Å². The van der Waals surface area contributed by atoms with Crippen molar-refractivity contribution in [2.24, 2.45) is 0 Å². The number of ether oxygens (including phenoxy) is 1. The zero-order valence-electron chi connectivity index (χ0n) is 18.5. The number of carbonyl (C=O) groups excluding carboxylic acids is 3. The first-order valence-corrected chi connectivity index (χ1v) is 11.1. The smallest absolute Gasteiger partial charge is 0.254 e. The summed E-state index contributed by atoms with van der Waals surface area (Å²) in [4.78, 5) is 40.7. The van der Waals surface area contributed by atoms with Gasteiger partial charge in [0.25, 0.3) is 11.8 Å². The highest BCUT2D eigenvalue weighted by atomic mass is 16.5. The first-order valence-electron chi connectivity index (χ1n) is 11.1. The number of nitrogens with zero attached hydrogens (tertiary/aromatic N) is 2. The van der Waals surface area contributed by atoms with Crippen LogP contribution in [-0.4, -0.2) is 54.5 Å². The lowest BCUT2D eigenvalue weighted by molar-refractivity contribution is -0.117. The molecule has 0 bridgehead atoms. The van der Waals surface area contributed by atoms with Crippen LogP contribution in [0.25, 0.3) is 0 Å². The number of hydrogen-bond acceptors (Lipinski definition) is 4. The van der Waals surface area contributed by atoms with Crippen LogP contribution >= 0.6 is 0 Å². The molecule has 3 amide bonds. The summed E-state index contributed by atoms with van der Waals surface area (Å²) in [6.45, 7) is 6.22. The fraction of sp³-hybridized carbons (Fsp3) is 0.400. The number of benzene rings is 2. The van der Waals surface area contributed by atoms with Gasteiger partial charge >= 0.3 is 0 Å². The number of nitrogens with one attached hydrogen (secondary N) is 1. The Labute approximate surface area is 188 Å². The molecular formula is C25H29N3O4. The lowest BCUT2D eigenvalue weighted by atomic mass is 10.1. The molecule has 2 heterocycles. The Bertz CT molecular complexity index is 977. The third-order valence-corrected chi connectivity index (χ3v) is 5.88. The predicted octanol–water partition coefficient (Wildman–Crippen LogP) is 2.99. The van der Waals surface area contributed by atoms with Gasteiger partial charge in [-0.05, 0) is 62.2 Å². The van der Waals surface area contributed by atoms with Crippen LogP contribution in [0.4, 0.5) is 5.69 Å². The van der Waals surface area contributed by atoms with Crippen molar-refractivity contribution in [1.82, 2.24) is 10.2 Å². The lowest BCUT2D eigenvalue weighted by Gasteiger charge is -2.35. The highest BCUT2D eigenvalue weighted by Gasteiger charge is 2.26. The second-order valence-electron chi connectivity index (χ2n) is 8.54. The second-order valence-corrected chi connectivity index (χ2v) is 8.54. The van der Waals surface area contributed by atoms with E-state index in [0.717, 1.165) is 24.2 Å². The van der Waals surface area contributed by atoms with Gasteiger partial charge in [-0.1, -0.05) is 12.1 Å². The van der Waals surface area contributed by atoms with E-state index in [1.807, 2.05) is 43.0 Å². The molecule has 0 aromatic heterocycles. The second kappa shape index (κ2) is 9.53. The fourth-order valence-corrected chi connectivity index (χ4v) is 4.29. The number of hydrogen-bond donors (Lipinski definition) is 1. The van der Waals surface area contributed by atoms with Crippen LogP contribution in [0, 0.1) is 0 Å². The van der Waals surface area contributed by atoms with Crippen molar-refractivity contribution in [2.75, 3.05) is 24.5 Å². The minimum Gasteiger partial charge on any atom is -0.372 e. The van der Waals surface area contributed by atoms with Gasteiger partial charge < -0.3 is 19.9 Å². The summed E-state index contributed by atoms with van der Waals surface area (Å²) in [5, 5.41) is 2.91. The van der Waals surface area contributed by atoms with Gasteiger partial charge in [-0.3, -0.25) is 14.4 Å². The van der Waals surface area contributed by atoms with E-state index in [1.165, 1.54) is 0 Å². The summed E-state index contributed by atoms with van der Waals surface area (Å²) in [6.07, 6.45) is 1.51. The first-order chi connectivity index (χ1) is 15.4. The highest BCUT2D eigenvalue weighted by molar-refractivity contribution is 5.97. The van der Waals surface area contributed by atoms with E-state index in [-0.39, 0.29) is 29.9 Å². The van der Waals surface area contributed by atoms with E-state index < -0.39 is 0 Å². The average molecular weight is 436 g/mol. The molecule has 2 aromatic carbocycles. The summed E-state index contributed by atoms with van der Waals surface area (Å²) in [5.74, 6) is -0.0540. The SMILES string of the molecule is CC1CN(C(=O)c2ccc(CNC(=O)c3ccc(N4CCCC4=O)cc3)cc2)CC(C)O1. The molecule has 1 N–H and O–H groups in total. The average Bonchev–Trinajstić information content (AvgIpc) is 3.22. The molecule has 2 fully saturated rings. The van der Waals surface area contributed by atoms with Crippen molar-refractivity contribution in [3.8, 4) is 0 Å². The minimum absolute atomic E-state index is 0.000778. The maximum Gasteiger partial charge on any atom is 0.254 e. The predicted molar refractivity (Wildman–Crippen MR) is 122 cm³/mol. The topological polar surface area (TPSA) is 79.0 Å². The Morgan fingerprint density at radius 1 is 0.969 bits per heavy atom. The van der Waals surface area contributed by atoms with Gasteiger partial charge in [0.2, 0.25) is 5.91 Å². The van der Waals surface area contributed by atoms with Crippen molar-refractivity contribution in [1.29, 1.82) is 0 Å². The number of morpholine rings is 1.